The van der Waals surface area contributed by atoms with E-state index in [1.165, 1.54) is 0 Å². The van der Waals surface area contributed by atoms with E-state index in [1.54, 1.807) is 6.07 Å². The maximum absolute atomic E-state index is 13.7. The van der Waals surface area contributed by atoms with E-state index in [0.717, 1.165) is 38.9 Å². The van der Waals surface area contributed by atoms with Gasteiger partial charge in [0.25, 0.3) is 0 Å². The third-order valence-corrected chi connectivity index (χ3v) is 7.52. The number of halogens is 2. The molecule has 0 radical (unpaired) electrons. The lowest BCUT2D eigenvalue weighted by atomic mass is 9.99. The van der Waals surface area contributed by atoms with Crippen molar-refractivity contribution in [2.24, 2.45) is 0 Å². The molecule has 1 atom stereocenters. The number of para-hydroxylation sites is 1. The van der Waals surface area contributed by atoms with Crippen LogP contribution in [0.3, 0.4) is 0 Å². The highest BCUT2D eigenvalue weighted by atomic mass is 127. The molecule has 0 aliphatic rings. The van der Waals surface area contributed by atoms with E-state index in [2.05, 4.69) is 63.9 Å². The number of hydrogen-bond donors (Lipinski definition) is 0. The Balaban J connectivity index is 0.00000103. The monoisotopic (exact) mass is 799 g/mol. The van der Waals surface area contributed by atoms with Crippen molar-refractivity contribution < 1.29 is 41.0 Å². The second kappa shape index (κ2) is 16.0. The maximum atomic E-state index is 13.7. The van der Waals surface area contributed by atoms with Gasteiger partial charge in [0.05, 0.1) is 18.8 Å². The molecule has 0 spiro atoms. The minimum Gasteiger partial charge on any atom is -0.759 e. The van der Waals surface area contributed by atoms with Gasteiger partial charge in [0.15, 0.2) is 5.78 Å². The molecule has 0 unspecified atom stereocenters. The third-order valence-electron chi connectivity index (χ3n) is 5.92. The average molecular weight is 799 g/mol. The Bertz CT molecular complexity index is 1390. The van der Waals surface area contributed by atoms with Gasteiger partial charge in [-0.1, -0.05) is 39.0 Å². The van der Waals surface area contributed by atoms with Crippen LogP contribution in [0.5, 0.6) is 5.75 Å². The number of esters is 1. The van der Waals surface area contributed by atoms with E-state index in [1.807, 2.05) is 44.2 Å². The minimum absolute atomic E-state index is 0.0964. The highest BCUT2D eigenvalue weighted by molar-refractivity contribution is 14.1. The van der Waals surface area contributed by atoms with Crippen molar-refractivity contribution in [3.05, 3.63) is 60.4 Å². The van der Waals surface area contributed by atoms with E-state index in [9.17, 15) is 9.59 Å². The fourth-order valence-electron chi connectivity index (χ4n) is 3.74. The molecule has 0 N–H and O–H groups in total. The molecular weight excluding hydrogens is 768 g/mol. The first-order valence-electron chi connectivity index (χ1n) is 12.5. The standard InChI is InChI=1S/C27H31I2NO5.H2O4S/c1-5-17(4)34-24(31)16-23-25(19-10-8-9-11-22(19)35-23)26(32)18-14-20(28)27(21(29)15-18)33-13-12-30(6-2)7-3;1-5(2,3)4/h8-11,14-15,17H,5-7,12-13,16H2,1-4H3;(H2,1,2,3,4)/p-2/t17-;/m0./s1. The lowest BCUT2D eigenvalue weighted by Crippen LogP contribution is -2.28. The molecule has 0 amide bonds. The number of likely N-dealkylation sites (N-methyl/N-ethyl adjacent to an activating group) is 1. The van der Waals surface area contributed by atoms with Crippen LogP contribution in [0.2, 0.25) is 0 Å². The SMILES string of the molecule is CC[C@H](C)OC(=O)Cc1oc2ccccc2c1C(=O)c1cc(I)c(OCCN(CC)CC)c(I)c1.O=S(=O)([O-])[O-]. The van der Waals surface area contributed by atoms with Crippen LogP contribution in [0.4, 0.5) is 0 Å². The number of carbonyl (C=O) groups excluding carboxylic acids is 2. The average Bonchev–Trinajstić information content (AvgIpc) is 3.23. The smallest absolute Gasteiger partial charge is 0.313 e. The second-order valence-electron chi connectivity index (χ2n) is 8.66. The normalized spacial score (nSPS) is 12.1. The summed E-state index contributed by atoms with van der Waals surface area (Å²) in [6.45, 7) is 11.4. The Kier molecular flexibility index (Phi) is 13.8. The van der Waals surface area contributed by atoms with Gasteiger partial charge in [-0.3, -0.25) is 18.0 Å². The van der Waals surface area contributed by atoms with Gasteiger partial charge in [0.1, 0.15) is 30.1 Å². The summed E-state index contributed by atoms with van der Waals surface area (Å²) in [6, 6.07) is 11.0. The summed E-state index contributed by atoms with van der Waals surface area (Å²) < 4.78 is 53.3. The van der Waals surface area contributed by atoms with Crippen molar-refractivity contribution in [2.75, 3.05) is 26.2 Å². The van der Waals surface area contributed by atoms with Gasteiger partial charge in [-0.15, -0.1) is 0 Å². The third kappa shape index (κ3) is 10.6. The van der Waals surface area contributed by atoms with Crippen LogP contribution < -0.4 is 4.74 Å². The summed E-state index contributed by atoms with van der Waals surface area (Å²) in [4.78, 5) is 28.5. The molecule has 0 fully saturated rings. The molecule has 10 nitrogen and oxygen atoms in total. The Morgan fingerprint density at radius 3 is 2.17 bits per heavy atom. The van der Waals surface area contributed by atoms with Crippen molar-refractivity contribution in [1.29, 1.82) is 0 Å². The number of furan rings is 1. The highest BCUT2D eigenvalue weighted by Crippen LogP contribution is 2.33. The Labute approximate surface area is 261 Å². The summed E-state index contributed by atoms with van der Waals surface area (Å²) in [5, 5.41) is 0.688. The van der Waals surface area contributed by atoms with E-state index < -0.39 is 16.4 Å². The number of hydrogen-bond acceptors (Lipinski definition) is 10. The van der Waals surface area contributed by atoms with Crippen LogP contribution in [-0.2, 0) is 26.4 Å². The highest BCUT2D eigenvalue weighted by Gasteiger charge is 2.26. The fraction of sp³-hybridized carbons (Fsp3) is 0.407. The minimum atomic E-state index is -5.17. The zero-order valence-corrected chi connectivity index (χ0v) is 27.7. The number of fused-ring (bicyclic) bond motifs is 1. The van der Waals surface area contributed by atoms with Crippen molar-refractivity contribution >= 4 is 78.3 Å². The van der Waals surface area contributed by atoms with Crippen molar-refractivity contribution in [3.8, 4) is 5.75 Å². The summed E-state index contributed by atoms with van der Waals surface area (Å²) >= 11 is 4.42. The van der Waals surface area contributed by atoms with Crippen LogP contribution in [-0.4, -0.2) is 66.5 Å². The van der Waals surface area contributed by atoms with Crippen LogP contribution in [0.15, 0.2) is 40.8 Å². The number of carbonyl (C=O) groups is 2. The van der Waals surface area contributed by atoms with Crippen LogP contribution in [0.1, 0.15) is 55.8 Å². The zero-order chi connectivity index (χ0) is 30.0. The number of nitrogens with zero attached hydrogens (tertiary/aromatic N) is 1. The molecule has 0 bridgehead atoms. The van der Waals surface area contributed by atoms with Gasteiger partial charge in [-0.2, -0.15) is 0 Å². The molecule has 0 saturated carbocycles. The Morgan fingerprint density at radius 1 is 1.05 bits per heavy atom. The van der Waals surface area contributed by atoms with E-state index >= 15 is 0 Å². The predicted molar refractivity (Wildman–Crippen MR) is 165 cm³/mol. The van der Waals surface area contributed by atoms with Crippen LogP contribution in [0, 0.1) is 7.14 Å². The van der Waals surface area contributed by atoms with Gasteiger partial charge in [-0.25, -0.2) is 0 Å². The second-order valence-corrected chi connectivity index (χ2v) is 11.8. The van der Waals surface area contributed by atoms with E-state index in [0.29, 0.717) is 34.5 Å². The fourth-order valence-corrected chi connectivity index (χ4v) is 5.82. The van der Waals surface area contributed by atoms with Crippen LogP contribution >= 0.6 is 45.2 Å². The molecule has 3 rings (SSSR count). The number of benzene rings is 2. The largest absolute Gasteiger partial charge is 0.759 e. The molecule has 0 aliphatic heterocycles. The molecule has 2 aromatic carbocycles. The van der Waals surface area contributed by atoms with Gasteiger partial charge in [0, 0.05) is 27.9 Å². The van der Waals surface area contributed by atoms with Crippen molar-refractivity contribution in [1.82, 2.24) is 4.90 Å². The molecule has 40 heavy (non-hydrogen) atoms. The molecule has 1 aromatic heterocycles. The molecule has 0 saturated heterocycles. The van der Waals surface area contributed by atoms with E-state index in [-0.39, 0.29) is 18.3 Å². The lowest BCUT2D eigenvalue weighted by Gasteiger charge is -2.19. The molecule has 0 aliphatic carbocycles. The Morgan fingerprint density at radius 2 is 1.62 bits per heavy atom. The number of ketones is 1. The topological polar surface area (TPSA) is 149 Å². The first-order chi connectivity index (χ1) is 18.8. The maximum Gasteiger partial charge on any atom is 0.313 e. The van der Waals surface area contributed by atoms with Crippen molar-refractivity contribution in [3.63, 3.8) is 0 Å². The quantitative estimate of drug-likeness (QED) is 0.0793. The summed E-state index contributed by atoms with van der Waals surface area (Å²) in [7, 11) is -5.17. The summed E-state index contributed by atoms with van der Waals surface area (Å²) in [6.07, 6.45) is 0.432. The molecule has 13 heteroatoms. The van der Waals surface area contributed by atoms with E-state index in [4.69, 9.17) is 31.4 Å². The van der Waals surface area contributed by atoms with Crippen molar-refractivity contribution in [2.45, 2.75) is 46.6 Å². The molecule has 220 valence electrons. The predicted octanol–water partition coefficient (Wildman–Crippen LogP) is 5.14. The molecule has 1 heterocycles. The van der Waals surface area contributed by atoms with Gasteiger partial charge in [-0.05, 0) is 89.8 Å². The Hall–Kier alpha value is -1.79. The van der Waals surface area contributed by atoms with Gasteiger partial charge >= 0.3 is 5.97 Å². The first-order valence-corrected chi connectivity index (χ1v) is 16.0. The number of rotatable bonds is 12. The molecular formula is C27H31I2NO9S-2. The summed E-state index contributed by atoms with van der Waals surface area (Å²) in [5.41, 5.74) is 1.50. The lowest BCUT2D eigenvalue weighted by molar-refractivity contribution is -0.147. The van der Waals surface area contributed by atoms with Crippen LogP contribution in [0.25, 0.3) is 11.0 Å². The van der Waals surface area contributed by atoms with Gasteiger partial charge < -0.3 is 27.9 Å². The first kappa shape index (κ1) is 34.4. The zero-order valence-electron chi connectivity index (χ0n) is 22.6. The molecule has 3 aromatic rings. The number of ether oxygens (including phenoxy) is 2. The summed E-state index contributed by atoms with van der Waals surface area (Å²) in [5.74, 6) is 0.513. The van der Waals surface area contributed by atoms with Gasteiger partial charge in [0.2, 0.25) is 0 Å².